The summed E-state index contributed by atoms with van der Waals surface area (Å²) in [6.45, 7) is 16.1. The molecule has 0 aliphatic carbocycles. The van der Waals surface area contributed by atoms with Crippen molar-refractivity contribution >= 4 is 44.8 Å². The van der Waals surface area contributed by atoms with Crippen LogP contribution in [0, 0.1) is 29.4 Å². The molecule has 0 unspecified atom stereocenters. The molecule has 51 heavy (non-hydrogen) atoms. The Morgan fingerprint density at radius 3 is 2.25 bits per heavy atom. The van der Waals surface area contributed by atoms with Crippen LogP contribution in [0.25, 0.3) is 53.8 Å². The van der Waals surface area contributed by atoms with Crippen LogP contribution in [0.2, 0.25) is 19.6 Å². The summed E-state index contributed by atoms with van der Waals surface area (Å²) in [5, 5.41) is 13.4. The average molecular weight is 878 g/mol. The number of pyridine rings is 2. The molecule has 0 fully saturated rings. The average Bonchev–Trinajstić information content (AvgIpc) is 3.50. The van der Waals surface area contributed by atoms with E-state index in [0.29, 0.717) is 17.4 Å². The molecule has 1 radical (unpaired) electrons. The van der Waals surface area contributed by atoms with Crippen LogP contribution in [0.1, 0.15) is 50.3 Å². The molecule has 7 aromatic rings. The molecule has 0 bridgehead atoms. The zero-order chi connectivity index (χ0) is 35.4. The van der Waals surface area contributed by atoms with Gasteiger partial charge in [0.2, 0.25) is 0 Å². The van der Waals surface area contributed by atoms with Crippen molar-refractivity contribution in [1.29, 1.82) is 5.26 Å². The van der Waals surface area contributed by atoms with Crippen molar-refractivity contribution in [1.82, 2.24) is 9.97 Å². The summed E-state index contributed by atoms with van der Waals surface area (Å²) in [7, 11) is -1.34. The second-order valence-electron chi connectivity index (χ2n) is 14.6. The van der Waals surface area contributed by atoms with Crippen molar-refractivity contribution in [2.75, 3.05) is 0 Å². The van der Waals surface area contributed by atoms with E-state index in [-0.39, 0.29) is 20.1 Å². The van der Waals surface area contributed by atoms with Crippen molar-refractivity contribution in [2.24, 2.45) is 5.92 Å². The van der Waals surface area contributed by atoms with Crippen LogP contribution in [-0.4, -0.2) is 18.0 Å². The van der Waals surface area contributed by atoms with E-state index in [1.165, 1.54) is 32.1 Å². The maximum absolute atomic E-state index is 9.77. The zero-order valence-corrected chi connectivity index (χ0v) is 34.5. The van der Waals surface area contributed by atoms with Crippen LogP contribution >= 0.6 is 11.3 Å². The third-order valence-corrected chi connectivity index (χ3v) is 12.1. The first-order valence-corrected chi connectivity index (χ1v) is 21.6. The summed E-state index contributed by atoms with van der Waals surface area (Å²) in [6.07, 6.45) is 4.99. The molecule has 0 spiro atoms. The first-order chi connectivity index (χ1) is 24.0. The van der Waals surface area contributed by atoms with E-state index in [9.17, 15) is 5.26 Å². The Bertz CT molecular complexity index is 2300. The van der Waals surface area contributed by atoms with E-state index < -0.39 is 8.07 Å². The molecule has 3 nitrogen and oxygen atoms in total. The molecule has 0 N–H and O–H groups in total. The minimum Gasteiger partial charge on any atom is -0.305 e. The van der Waals surface area contributed by atoms with Gasteiger partial charge in [-0.2, -0.15) is 11.3 Å². The number of rotatable bonds is 7. The number of hydrogen-bond acceptors (Lipinski definition) is 4. The van der Waals surface area contributed by atoms with E-state index >= 15 is 0 Å². The first-order valence-electron chi connectivity index (χ1n) is 17.3. The molecule has 0 aliphatic heterocycles. The molecule has 3 heterocycles. The van der Waals surface area contributed by atoms with Crippen molar-refractivity contribution in [3.8, 4) is 39.7 Å². The van der Waals surface area contributed by atoms with Crippen molar-refractivity contribution in [3.05, 3.63) is 138 Å². The van der Waals surface area contributed by atoms with E-state index in [2.05, 4.69) is 148 Å². The number of thiophene rings is 1. The van der Waals surface area contributed by atoms with Gasteiger partial charge in [0.05, 0.1) is 8.07 Å². The second kappa shape index (κ2) is 16.4. The molecule has 0 saturated heterocycles. The Kier molecular flexibility index (Phi) is 12.2. The Morgan fingerprint density at radius 1 is 0.824 bits per heavy atom. The quantitative estimate of drug-likeness (QED) is 0.118. The van der Waals surface area contributed by atoms with Gasteiger partial charge in [-0.25, -0.2) is 5.26 Å². The van der Waals surface area contributed by atoms with Crippen molar-refractivity contribution in [3.63, 3.8) is 0 Å². The fourth-order valence-electron chi connectivity index (χ4n) is 6.40. The number of aromatic nitrogens is 2. The molecule has 7 rings (SSSR count). The summed E-state index contributed by atoms with van der Waals surface area (Å²) in [5.41, 5.74) is 9.76. The Balaban J connectivity index is 0.000000218. The molecule has 0 saturated carbocycles. The van der Waals surface area contributed by atoms with E-state index in [1.807, 2.05) is 36.5 Å². The number of nitrogens with zero attached hydrogens (tertiary/aromatic N) is 3. The predicted molar refractivity (Wildman–Crippen MR) is 216 cm³/mol. The van der Waals surface area contributed by atoms with E-state index in [4.69, 9.17) is 0 Å². The summed E-state index contributed by atoms with van der Waals surface area (Å²) in [5.74, 6) is 1.12. The van der Waals surface area contributed by atoms with Crippen LogP contribution in [0.3, 0.4) is 0 Å². The standard InChI is InChI=1S/C28H21N2S.C17H22NSi.Ir/c1-18(2)14-19-12-13-30-25(15-19)23-10-9-22(17-29)27-24-11-8-21(16-26(24)31-28(23)27)20-6-4-3-5-7-20;1-13(2)15-11-16(14-9-7-6-8-10-14)18-12-17(15)19(3,4)5;/h3-9,11-13,15-16,18H,14H2,1-2H3;6-9,11-13H,1-5H3;/q2*-1;. The van der Waals surface area contributed by atoms with Gasteiger partial charge in [-0.3, -0.25) is 0 Å². The molecule has 4 aromatic carbocycles. The van der Waals surface area contributed by atoms with Gasteiger partial charge >= 0.3 is 0 Å². The molecule has 259 valence electrons. The monoisotopic (exact) mass is 878 g/mol. The zero-order valence-electron chi connectivity index (χ0n) is 30.3. The molecule has 6 heteroatoms. The van der Waals surface area contributed by atoms with Gasteiger partial charge in [0, 0.05) is 43.3 Å². The van der Waals surface area contributed by atoms with Gasteiger partial charge in [0.1, 0.15) is 0 Å². The van der Waals surface area contributed by atoms with E-state index in [1.54, 1.807) is 11.3 Å². The third-order valence-electron chi connectivity index (χ3n) is 8.85. The van der Waals surface area contributed by atoms with Crippen molar-refractivity contribution < 1.29 is 20.1 Å². The van der Waals surface area contributed by atoms with Crippen LogP contribution in [0.15, 0.2) is 109 Å². The van der Waals surface area contributed by atoms with Crippen molar-refractivity contribution in [2.45, 2.75) is 59.7 Å². The van der Waals surface area contributed by atoms with Gasteiger partial charge in [0.25, 0.3) is 0 Å². The summed E-state index contributed by atoms with van der Waals surface area (Å²) in [4.78, 5) is 9.31. The summed E-state index contributed by atoms with van der Waals surface area (Å²) >= 11 is 1.72. The number of fused-ring (bicyclic) bond motifs is 3. The third kappa shape index (κ3) is 8.63. The van der Waals surface area contributed by atoms with Gasteiger partial charge in [-0.15, -0.1) is 53.6 Å². The Labute approximate surface area is 321 Å². The maximum Gasteiger partial charge on any atom is 0.0799 e. The van der Waals surface area contributed by atoms with Gasteiger partial charge in [0.15, 0.2) is 0 Å². The smallest absolute Gasteiger partial charge is 0.0799 e. The molecule has 0 atom stereocenters. The first kappa shape index (κ1) is 38.0. The van der Waals surface area contributed by atoms with Gasteiger partial charge < -0.3 is 9.97 Å². The van der Waals surface area contributed by atoms with Crippen LogP contribution < -0.4 is 5.19 Å². The fourth-order valence-corrected chi connectivity index (χ4v) is 9.35. The Morgan fingerprint density at radius 2 is 1.59 bits per heavy atom. The fraction of sp³-hybridized carbons (Fsp3) is 0.222. The molecular formula is C45H43IrN3SSi-2. The molecule has 0 aliphatic rings. The summed E-state index contributed by atoms with van der Waals surface area (Å²) in [6, 6.07) is 42.2. The number of benzene rings is 4. The Hall–Kier alpha value is -4.24. The topological polar surface area (TPSA) is 49.6 Å². The SMILES string of the molecule is CC(C)Cc1ccnc(-c2[c-]cc(C#N)c3c2sc2cc(-c4ccccc4)ccc23)c1.CC(C)c1cc(-c2[c-]cccc2)ncc1[Si](C)(C)C.[Ir]. The van der Waals surface area contributed by atoms with Crippen LogP contribution in [0.5, 0.6) is 0 Å². The predicted octanol–water partition coefficient (Wildman–Crippen LogP) is 11.9. The summed E-state index contributed by atoms with van der Waals surface area (Å²) < 4.78 is 2.25. The normalized spacial score (nSPS) is 11.3. The van der Waals surface area contributed by atoms with E-state index in [0.717, 1.165) is 44.4 Å². The minimum atomic E-state index is -1.34. The van der Waals surface area contributed by atoms with Gasteiger partial charge in [-0.1, -0.05) is 118 Å². The van der Waals surface area contributed by atoms with Crippen LogP contribution in [0.4, 0.5) is 0 Å². The van der Waals surface area contributed by atoms with Gasteiger partial charge in [-0.05, 0) is 73.7 Å². The largest absolute Gasteiger partial charge is 0.305 e. The second-order valence-corrected chi connectivity index (χ2v) is 20.6. The molecule has 0 amide bonds. The number of hydrogen-bond donors (Lipinski definition) is 0. The minimum absolute atomic E-state index is 0. The van der Waals surface area contributed by atoms with Crippen LogP contribution in [-0.2, 0) is 26.5 Å². The number of nitriles is 1. The molecular weight excluding hydrogens is 835 g/mol. The molecule has 3 aromatic heterocycles. The maximum atomic E-state index is 9.77.